The van der Waals surface area contributed by atoms with E-state index in [4.69, 9.17) is 4.74 Å². The summed E-state index contributed by atoms with van der Waals surface area (Å²) in [6.07, 6.45) is 3.09. The molecule has 1 aliphatic carbocycles. The summed E-state index contributed by atoms with van der Waals surface area (Å²) in [5, 5.41) is 5.30. The second-order valence-corrected chi connectivity index (χ2v) is 6.06. The van der Waals surface area contributed by atoms with Crippen LogP contribution in [0.1, 0.15) is 37.3 Å². The summed E-state index contributed by atoms with van der Waals surface area (Å²) in [5.41, 5.74) is 3.31. The topological polar surface area (TPSA) is 84.5 Å². The Labute approximate surface area is 134 Å². The predicted octanol–water partition coefficient (Wildman–Crippen LogP) is 1.32. The highest BCUT2D eigenvalue weighted by Gasteiger charge is 2.30. The van der Waals surface area contributed by atoms with Gasteiger partial charge in [-0.2, -0.15) is 0 Å². The average Bonchev–Trinajstić information content (AvgIpc) is 3.15. The molecule has 2 amide bonds. The van der Waals surface area contributed by atoms with E-state index < -0.39 is 18.1 Å². The SMILES string of the molecule is C[C@H](OC(=O)[C@@H]1CCC(=O)N1)C(=O)Nc1ccc2c(c1)CCC2. The number of anilines is 1. The minimum atomic E-state index is -0.909. The average molecular weight is 316 g/mol. The third kappa shape index (κ3) is 3.52. The third-order valence-electron chi connectivity index (χ3n) is 4.31. The van der Waals surface area contributed by atoms with Crippen molar-refractivity contribution >= 4 is 23.5 Å². The van der Waals surface area contributed by atoms with Gasteiger partial charge in [0.15, 0.2) is 6.10 Å². The van der Waals surface area contributed by atoms with E-state index in [0.29, 0.717) is 18.5 Å². The van der Waals surface area contributed by atoms with E-state index >= 15 is 0 Å². The fraction of sp³-hybridized carbons (Fsp3) is 0.471. The van der Waals surface area contributed by atoms with Gasteiger partial charge in [-0.1, -0.05) is 6.07 Å². The van der Waals surface area contributed by atoms with Crippen LogP contribution in [0.4, 0.5) is 5.69 Å². The first-order valence-corrected chi connectivity index (χ1v) is 7.95. The number of esters is 1. The molecule has 6 heteroatoms. The van der Waals surface area contributed by atoms with E-state index in [1.165, 1.54) is 18.1 Å². The molecule has 0 aromatic heterocycles. The van der Waals surface area contributed by atoms with Crippen molar-refractivity contribution in [2.75, 3.05) is 5.32 Å². The van der Waals surface area contributed by atoms with Crippen LogP contribution in [0.5, 0.6) is 0 Å². The highest BCUT2D eigenvalue weighted by atomic mass is 16.5. The van der Waals surface area contributed by atoms with Gasteiger partial charge in [0.25, 0.3) is 5.91 Å². The van der Waals surface area contributed by atoms with Crippen LogP contribution in [0.25, 0.3) is 0 Å². The van der Waals surface area contributed by atoms with Crippen LogP contribution >= 0.6 is 0 Å². The third-order valence-corrected chi connectivity index (χ3v) is 4.31. The minimum absolute atomic E-state index is 0.165. The molecular weight excluding hydrogens is 296 g/mol. The van der Waals surface area contributed by atoms with Gasteiger partial charge in [-0.25, -0.2) is 4.79 Å². The smallest absolute Gasteiger partial charge is 0.329 e. The Kier molecular flexibility index (Phi) is 4.32. The molecule has 2 aliphatic rings. The molecule has 1 saturated heterocycles. The number of ether oxygens (including phenoxy) is 1. The molecule has 0 saturated carbocycles. The van der Waals surface area contributed by atoms with E-state index in [1.54, 1.807) is 0 Å². The molecule has 6 nitrogen and oxygen atoms in total. The molecule has 1 aromatic rings. The normalized spacial score (nSPS) is 20.6. The summed E-state index contributed by atoms with van der Waals surface area (Å²) in [4.78, 5) is 35.2. The quantitative estimate of drug-likeness (QED) is 0.821. The molecular formula is C17H20N2O4. The maximum atomic E-state index is 12.2. The Morgan fingerprint density at radius 2 is 2.04 bits per heavy atom. The zero-order chi connectivity index (χ0) is 16.4. The van der Waals surface area contributed by atoms with Gasteiger partial charge in [-0.05, 0) is 55.9 Å². The lowest BCUT2D eigenvalue weighted by atomic mass is 10.1. The lowest BCUT2D eigenvalue weighted by Crippen LogP contribution is -2.39. The van der Waals surface area contributed by atoms with Crippen LogP contribution in [0.3, 0.4) is 0 Å². The van der Waals surface area contributed by atoms with Gasteiger partial charge in [0.2, 0.25) is 5.91 Å². The Balaban J connectivity index is 1.55. The van der Waals surface area contributed by atoms with Crippen molar-refractivity contribution in [2.24, 2.45) is 0 Å². The fourth-order valence-corrected chi connectivity index (χ4v) is 2.99. The molecule has 23 heavy (non-hydrogen) atoms. The van der Waals surface area contributed by atoms with Crippen LogP contribution in [0, 0.1) is 0 Å². The number of fused-ring (bicyclic) bond motifs is 1. The second kappa shape index (κ2) is 6.40. The number of aryl methyl sites for hydroxylation is 2. The molecule has 0 spiro atoms. The molecule has 2 N–H and O–H groups in total. The van der Waals surface area contributed by atoms with Crippen molar-refractivity contribution in [3.05, 3.63) is 29.3 Å². The fourth-order valence-electron chi connectivity index (χ4n) is 2.99. The summed E-state index contributed by atoms with van der Waals surface area (Å²) < 4.78 is 5.14. The molecule has 0 bridgehead atoms. The van der Waals surface area contributed by atoms with Gasteiger partial charge in [0.1, 0.15) is 6.04 Å². The maximum absolute atomic E-state index is 12.2. The number of nitrogens with one attached hydrogen (secondary N) is 2. The Morgan fingerprint density at radius 1 is 1.26 bits per heavy atom. The number of carbonyl (C=O) groups is 3. The van der Waals surface area contributed by atoms with Gasteiger partial charge in [0, 0.05) is 12.1 Å². The van der Waals surface area contributed by atoms with Crippen molar-refractivity contribution in [2.45, 2.75) is 51.2 Å². The van der Waals surface area contributed by atoms with Crippen LogP contribution in [-0.2, 0) is 32.0 Å². The van der Waals surface area contributed by atoms with Gasteiger partial charge in [-0.15, -0.1) is 0 Å². The molecule has 122 valence electrons. The van der Waals surface area contributed by atoms with Crippen LogP contribution in [0.15, 0.2) is 18.2 Å². The predicted molar refractivity (Wildman–Crippen MR) is 83.8 cm³/mol. The van der Waals surface area contributed by atoms with E-state index in [0.717, 1.165) is 19.3 Å². The monoisotopic (exact) mass is 316 g/mol. The number of hydrogen-bond donors (Lipinski definition) is 2. The number of amides is 2. The second-order valence-electron chi connectivity index (χ2n) is 6.06. The Hall–Kier alpha value is -2.37. The summed E-state index contributed by atoms with van der Waals surface area (Å²) in [6, 6.07) is 5.24. The van der Waals surface area contributed by atoms with Gasteiger partial charge < -0.3 is 15.4 Å². The van der Waals surface area contributed by atoms with Crippen LogP contribution < -0.4 is 10.6 Å². The molecule has 1 aliphatic heterocycles. The summed E-state index contributed by atoms with van der Waals surface area (Å²) >= 11 is 0. The summed E-state index contributed by atoms with van der Waals surface area (Å²) in [5.74, 6) is -1.10. The van der Waals surface area contributed by atoms with E-state index in [-0.39, 0.29) is 11.8 Å². The molecule has 1 heterocycles. The van der Waals surface area contributed by atoms with Crippen molar-refractivity contribution in [1.82, 2.24) is 5.32 Å². The van der Waals surface area contributed by atoms with E-state index in [2.05, 4.69) is 10.6 Å². The van der Waals surface area contributed by atoms with E-state index in [1.807, 2.05) is 18.2 Å². The van der Waals surface area contributed by atoms with Gasteiger partial charge >= 0.3 is 5.97 Å². The zero-order valence-corrected chi connectivity index (χ0v) is 13.1. The number of carbonyl (C=O) groups excluding carboxylic acids is 3. The maximum Gasteiger partial charge on any atom is 0.329 e. The number of rotatable bonds is 4. The van der Waals surface area contributed by atoms with Crippen LogP contribution in [0.2, 0.25) is 0 Å². The zero-order valence-electron chi connectivity index (χ0n) is 13.1. The standard InChI is InChI=1S/C17H20N2O4/c1-10(23-17(22)14-7-8-15(20)19-14)16(21)18-13-6-5-11-3-2-4-12(11)9-13/h5-6,9-10,14H,2-4,7-8H2,1H3,(H,18,21)(H,19,20)/t10-,14-/m0/s1. The van der Waals surface area contributed by atoms with Gasteiger partial charge in [-0.3, -0.25) is 9.59 Å². The summed E-state index contributed by atoms with van der Waals surface area (Å²) in [6.45, 7) is 1.53. The highest BCUT2D eigenvalue weighted by molar-refractivity contribution is 5.96. The molecule has 3 rings (SSSR count). The first-order valence-electron chi connectivity index (χ1n) is 7.95. The molecule has 2 atom stereocenters. The molecule has 1 fully saturated rings. The first kappa shape index (κ1) is 15.5. The van der Waals surface area contributed by atoms with Crippen LogP contribution in [-0.4, -0.2) is 29.9 Å². The van der Waals surface area contributed by atoms with Crippen molar-refractivity contribution in [1.29, 1.82) is 0 Å². The molecule has 1 aromatic carbocycles. The lowest BCUT2D eigenvalue weighted by Gasteiger charge is -2.16. The van der Waals surface area contributed by atoms with Gasteiger partial charge in [0.05, 0.1) is 0 Å². The van der Waals surface area contributed by atoms with Crippen molar-refractivity contribution in [3.63, 3.8) is 0 Å². The summed E-state index contributed by atoms with van der Waals surface area (Å²) in [7, 11) is 0. The number of benzene rings is 1. The van der Waals surface area contributed by atoms with E-state index in [9.17, 15) is 14.4 Å². The Morgan fingerprint density at radius 3 is 2.78 bits per heavy atom. The molecule has 0 radical (unpaired) electrons. The Bertz CT molecular complexity index is 656. The highest BCUT2D eigenvalue weighted by Crippen LogP contribution is 2.25. The molecule has 0 unspecified atom stereocenters. The number of hydrogen-bond acceptors (Lipinski definition) is 4. The lowest BCUT2D eigenvalue weighted by molar-refractivity contribution is -0.155. The minimum Gasteiger partial charge on any atom is -0.451 e. The van der Waals surface area contributed by atoms with Crippen molar-refractivity contribution in [3.8, 4) is 0 Å². The largest absolute Gasteiger partial charge is 0.451 e. The van der Waals surface area contributed by atoms with Crippen molar-refractivity contribution < 1.29 is 19.1 Å². The first-order chi connectivity index (χ1) is 11.0.